The molecule has 1 rings (SSSR count). The van der Waals surface area contributed by atoms with Crippen molar-refractivity contribution in [1.82, 2.24) is 9.55 Å². The highest BCUT2D eigenvalue weighted by atomic mass is 16.1. The maximum Gasteiger partial charge on any atom is 0.185 e. The molecule has 0 spiro atoms. The van der Waals surface area contributed by atoms with Crippen LogP contribution >= 0.6 is 0 Å². The molecule has 3 heteroatoms. The van der Waals surface area contributed by atoms with Crippen LogP contribution in [0.3, 0.4) is 0 Å². The van der Waals surface area contributed by atoms with E-state index in [1.165, 1.54) is 0 Å². The lowest BCUT2D eigenvalue weighted by atomic mass is 10.4. The number of aldehydes is 1. The highest BCUT2D eigenvalue weighted by Gasteiger charge is 1.89. The van der Waals surface area contributed by atoms with Gasteiger partial charge >= 0.3 is 0 Å². The first-order valence-corrected chi connectivity index (χ1v) is 3.24. The van der Waals surface area contributed by atoms with Gasteiger partial charge < -0.3 is 9.36 Å². The summed E-state index contributed by atoms with van der Waals surface area (Å²) in [4.78, 5) is 13.8. The first-order valence-electron chi connectivity index (χ1n) is 3.24. The van der Waals surface area contributed by atoms with E-state index in [1.807, 2.05) is 13.2 Å². The summed E-state index contributed by atoms with van der Waals surface area (Å²) in [6, 6.07) is 0. The molecule has 0 aliphatic rings. The van der Waals surface area contributed by atoms with Crippen molar-refractivity contribution in [2.45, 2.75) is 6.42 Å². The molecule has 1 heterocycles. The van der Waals surface area contributed by atoms with Crippen LogP contribution in [0.15, 0.2) is 12.4 Å². The van der Waals surface area contributed by atoms with Crippen LogP contribution in [0.2, 0.25) is 0 Å². The van der Waals surface area contributed by atoms with Crippen molar-refractivity contribution >= 4 is 6.29 Å². The van der Waals surface area contributed by atoms with Crippen LogP contribution in [0.25, 0.3) is 0 Å². The van der Waals surface area contributed by atoms with Crippen LogP contribution in [-0.4, -0.2) is 15.8 Å². The van der Waals surface area contributed by atoms with Crippen molar-refractivity contribution in [2.24, 2.45) is 7.05 Å². The molecular weight excluding hydrogens is 140 g/mol. The van der Waals surface area contributed by atoms with Gasteiger partial charge in [0.25, 0.3) is 0 Å². The topological polar surface area (TPSA) is 34.9 Å². The van der Waals surface area contributed by atoms with Gasteiger partial charge in [0.15, 0.2) is 5.82 Å². The van der Waals surface area contributed by atoms with Gasteiger partial charge in [-0.3, -0.25) is 0 Å². The number of nitrogens with zero attached hydrogens (tertiary/aromatic N) is 2. The zero-order valence-electron chi connectivity index (χ0n) is 6.24. The SMILES string of the molecule is Cn1ccnc1C#CCC=O. The zero-order chi connectivity index (χ0) is 8.10. The van der Waals surface area contributed by atoms with Gasteiger partial charge in [0.1, 0.15) is 6.29 Å². The van der Waals surface area contributed by atoms with Crippen molar-refractivity contribution < 1.29 is 4.79 Å². The van der Waals surface area contributed by atoms with Crippen LogP contribution in [0.4, 0.5) is 0 Å². The van der Waals surface area contributed by atoms with E-state index in [2.05, 4.69) is 16.8 Å². The summed E-state index contributed by atoms with van der Waals surface area (Å²) in [5.41, 5.74) is 0. The number of aromatic nitrogens is 2. The highest BCUT2D eigenvalue weighted by Crippen LogP contribution is 1.89. The van der Waals surface area contributed by atoms with Gasteiger partial charge in [-0.05, 0) is 5.92 Å². The van der Waals surface area contributed by atoms with Crippen molar-refractivity contribution in [1.29, 1.82) is 0 Å². The standard InChI is InChI=1S/C8H8N2O/c1-10-6-5-9-8(10)4-2-3-7-11/h5-7H,3H2,1H3. The van der Waals surface area contributed by atoms with Gasteiger partial charge in [0.2, 0.25) is 0 Å². The Hall–Kier alpha value is -1.56. The third-order valence-corrected chi connectivity index (χ3v) is 1.21. The smallest absolute Gasteiger partial charge is 0.185 e. The normalized spacial score (nSPS) is 8.45. The molecule has 0 aliphatic carbocycles. The lowest BCUT2D eigenvalue weighted by Crippen LogP contribution is -1.90. The van der Waals surface area contributed by atoms with E-state index in [0.29, 0.717) is 5.82 Å². The van der Waals surface area contributed by atoms with Crippen LogP contribution in [0.5, 0.6) is 0 Å². The third-order valence-electron chi connectivity index (χ3n) is 1.21. The summed E-state index contributed by atoms with van der Waals surface area (Å²) in [6.45, 7) is 0. The second-order valence-corrected chi connectivity index (χ2v) is 2.03. The molecular formula is C8H8N2O. The van der Waals surface area contributed by atoms with Gasteiger partial charge in [-0.15, -0.1) is 0 Å². The predicted molar refractivity (Wildman–Crippen MR) is 40.8 cm³/mol. The van der Waals surface area contributed by atoms with Crippen LogP contribution in [0.1, 0.15) is 12.2 Å². The van der Waals surface area contributed by atoms with E-state index in [9.17, 15) is 4.79 Å². The molecule has 0 unspecified atom stereocenters. The number of imidazole rings is 1. The van der Waals surface area contributed by atoms with Gasteiger partial charge in [0.05, 0.1) is 6.42 Å². The predicted octanol–water partition coefficient (Wildman–Crippen LogP) is 0.361. The summed E-state index contributed by atoms with van der Waals surface area (Å²) >= 11 is 0. The summed E-state index contributed by atoms with van der Waals surface area (Å²) in [6.07, 6.45) is 4.53. The van der Waals surface area contributed by atoms with E-state index < -0.39 is 0 Å². The number of carbonyl (C=O) groups excluding carboxylic acids is 1. The van der Waals surface area contributed by atoms with E-state index in [0.717, 1.165) is 6.29 Å². The minimum atomic E-state index is 0.271. The molecule has 11 heavy (non-hydrogen) atoms. The summed E-state index contributed by atoms with van der Waals surface area (Å²) in [5.74, 6) is 6.13. The second-order valence-electron chi connectivity index (χ2n) is 2.03. The Balaban J connectivity index is 2.72. The third kappa shape index (κ3) is 1.94. The molecule has 3 nitrogen and oxygen atoms in total. The molecule has 0 radical (unpaired) electrons. The number of aryl methyl sites for hydroxylation is 1. The van der Waals surface area contributed by atoms with Gasteiger partial charge in [0, 0.05) is 19.4 Å². The number of hydrogen-bond donors (Lipinski definition) is 0. The van der Waals surface area contributed by atoms with Crippen LogP contribution in [-0.2, 0) is 11.8 Å². The van der Waals surface area contributed by atoms with E-state index in [4.69, 9.17) is 0 Å². The Morgan fingerprint density at radius 1 is 1.82 bits per heavy atom. The van der Waals surface area contributed by atoms with E-state index >= 15 is 0 Å². The van der Waals surface area contributed by atoms with Crippen molar-refractivity contribution in [2.75, 3.05) is 0 Å². The Morgan fingerprint density at radius 3 is 3.18 bits per heavy atom. The Labute approximate surface area is 65.1 Å². The minimum absolute atomic E-state index is 0.271. The van der Waals surface area contributed by atoms with Crippen molar-refractivity contribution in [3.05, 3.63) is 18.2 Å². The maximum absolute atomic E-state index is 9.89. The van der Waals surface area contributed by atoms with Gasteiger partial charge in [-0.2, -0.15) is 0 Å². The largest absolute Gasteiger partial charge is 0.327 e. The van der Waals surface area contributed by atoms with E-state index in [1.54, 1.807) is 10.8 Å². The maximum atomic E-state index is 9.89. The number of hydrogen-bond acceptors (Lipinski definition) is 2. The molecule has 56 valence electrons. The molecule has 0 fully saturated rings. The molecule has 0 saturated heterocycles. The van der Waals surface area contributed by atoms with Crippen LogP contribution < -0.4 is 0 Å². The minimum Gasteiger partial charge on any atom is -0.327 e. The summed E-state index contributed by atoms with van der Waals surface area (Å²) < 4.78 is 1.80. The lowest BCUT2D eigenvalue weighted by molar-refractivity contribution is -0.107. The first-order chi connectivity index (χ1) is 5.34. The Morgan fingerprint density at radius 2 is 2.64 bits per heavy atom. The molecule has 0 atom stereocenters. The summed E-state index contributed by atoms with van der Waals surface area (Å²) in [7, 11) is 1.86. The molecule has 1 aromatic heterocycles. The molecule has 0 N–H and O–H groups in total. The lowest BCUT2D eigenvalue weighted by Gasteiger charge is -1.87. The monoisotopic (exact) mass is 148 g/mol. The fourth-order valence-corrected chi connectivity index (χ4v) is 0.658. The quantitative estimate of drug-likeness (QED) is 0.425. The summed E-state index contributed by atoms with van der Waals surface area (Å²) in [5, 5.41) is 0. The average molecular weight is 148 g/mol. The molecule has 0 saturated carbocycles. The van der Waals surface area contributed by atoms with Crippen molar-refractivity contribution in [3.63, 3.8) is 0 Å². The van der Waals surface area contributed by atoms with Crippen molar-refractivity contribution in [3.8, 4) is 11.8 Å². The van der Waals surface area contributed by atoms with Gasteiger partial charge in [-0.1, -0.05) is 5.92 Å². The molecule has 0 amide bonds. The molecule has 0 aromatic carbocycles. The molecule has 0 aliphatic heterocycles. The second kappa shape index (κ2) is 3.57. The molecule has 0 bridgehead atoms. The fourth-order valence-electron chi connectivity index (χ4n) is 0.658. The average Bonchev–Trinajstić information content (AvgIpc) is 2.37. The number of rotatable bonds is 1. The number of carbonyl (C=O) groups is 1. The molecule has 1 aromatic rings. The highest BCUT2D eigenvalue weighted by molar-refractivity contribution is 5.54. The van der Waals surface area contributed by atoms with Gasteiger partial charge in [-0.25, -0.2) is 4.98 Å². The Kier molecular flexibility index (Phi) is 2.45. The van der Waals surface area contributed by atoms with Crippen LogP contribution in [0, 0.1) is 11.8 Å². The fraction of sp³-hybridized carbons (Fsp3) is 0.250. The Bertz CT molecular complexity index is 303. The first kappa shape index (κ1) is 7.55. The van der Waals surface area contributed by atoms with E-state index in [-0.39, 0.29) is 6.42 Å². The zero-order valence-corrected chi connectivity index (χ0v) is 6.24.